The quantitative estimate of drug-likeness (QED) is 0.701. The molecule has 0 amide bonds. The van der Waals surface area contributed by atoms with Crippen LogP contribution in [0.2, 0.25) is 0 Å². The summed E-state index contributed by atoms with van der Waals surface area (Å²) in [5.74, 6) is 0. The van der Waals surface area contributed by atoms with Crippen LogP contribution >= 0.6 is 15.9 Å². The van der Waals surface area contributed by atoms with Gasteiger partial charge in [-0.15, -0.1) is 0 Å². The molecule has 1 saturated heterocycles. The summed E-state index contributed by atoms with van der Waals surface area (Å²) >= 11 is 3.35. The van der Waals surface area contributed by atoms with Gasteiger partial charge in [-0.05, 0) is 33.1 Å². The third-order valence-corrected chi connectivity index (χ3v) is 6.14. The first kappa shape index (κ1) is 15.4. The lowest BCUT2D eigenvalue weighted by Gasteiger charge is -2.32. The van der Waals surface area contributed by atoms with Gasteiger partial charge < -0.3 is 4.74 Å². The second kappa shape index (κ2) is 7.07. The van der Waals surface area contributed by atoms with E-state index in [4.69, 9.17) is 4.74 Å². The molecule has 0 bridgehead atoms. The third kappa shape index (κ3) is 4.19. The highest BCUT2D eigenvalue weighted by Gasteiger charge is 2.34. The molecule has 0 aromatic heterocycles. The largest absolute Gasteiger partial charge is 0.381 e. The van der Waals surface area contributed by atoms with Gasteiger partial charge in [-0.3, -0.25) is 0 Å². The molecule has 0 aromatic rings. The molecule has 1 aliphatic rings. The summed E-state index contributed by atoms with van der Waals surface area (Å²) in [4.78, 5) is 0. The van der Waals surface area contributed by atoms with Crippen LogP contribution in [0.1, 0.15) is 33.1 Å². The number of nitrogens with zero attached hydrogens (tertiary/aromatic N) is 1. The molecule has 1 heterocycles. The maximum atomic E-state index is 12.5. The Morgan fingerprint density at radius 1 is 1.35 bits per heavy atom. The Labute approximate surface area is 113 Å². The summed E-state index contributed by atoms with van der Waals surface area (Å²) in [5, 5.41) is 0.577. The Kier molecular flexibility index (Phi) is 6.40. The van der Waals surface area contributed by atoms with Gasteiger partial charge in [0.2, 0.25) is 10.0 Å². The molecule has 0 radical (unpaired) electrons. The minimum absolute atomic E-state index is 0.0295. The number of sulfonamides is 1. The van der Waals surface area contributed by atoms with Gasteiger partial charge in [0.05, 0.1) is 5.25 Å². The Morgan fingerprint density at radius 3 is 2.41 bits per heavy atom. The van der Waals surface area contributed by atoms with Crippen LogP contribution in [-0.2, 0) is 14.8 Å². The zero-order chi connectivity index (χ0) is 12.9. The van der Waals surface area contributed by atoms with Crippen LogP contribution in [0, 0.1) is 0 Å². The van der Waals surface area contributed by atoms with Gasteiger partial charge in [0.25, 0.3) is 0 Å². The lowest BCUT2D eigenvalue weighted by molar-refractivity contribution is 0.0969. The predicted molar refractivity (Wildman–Crippen MR) is 73.0 cm³/mol. The van der Waals surface area contributed by atoms with E-state index in [1.54, 1.807) is 4.31 Å². The Bertz CT molecular complexity index is 313. The van der Waals surface area contributed by atoms with E-state index in [2.05, 4.69) is 15.9 Å². The Balaban J connectivity index is 2.75. The van der Waals surface area contributed by atoms with Crippen LogP contribution in [0.4, 0.5) is 0 Å². The van der Waals surface area contributed by atoms with Crippen molar-refractivity contribution in [1.82, 2.24) is 4.31 Å². The summed E-state index contributed by atoms with van der Waals surface area (Å²) in [6.45, 7) is 5.60. The van der Waals surface area contributed by atoms with E-state index in [-0.39, 0.29) is 11.3 Å². The van der Waals surface area contributed by atoms with Gasteiger partial charge in [0.15, 0.2) is 0 Å². The van der Waals surface area contributed by atoms with Crippen molar-refractivity contribution in [2.45, 2.75) is 44.4 Å². The van der Waals surface area contributed by atoms with Crippen LogP contribution in [0.3, 0.4) is 0 Å². The summed E-state index contributed by atoms with van der Waals surface area (Å²) in [7, 11) is -3.16. The molecule has 0 saturated carbocycles. The van der Waals surface area contributed by atoms with E-state index in [0.29, 0.717) is 32.6 Å². The van der Waals surface area contributed by atoms with Crippen molar-refractivity contribution < 1.29 is 13.2 Å². The van der Waals surface area contributed by atoms with Crippen LogP contribution in [-0.4, -0.2) is 49.1 Å². The van der Waals surface area contributed by atoms with Crippen molar-refractivity contribution in [1.29, 1.82) is 0 Å². The van der Waals surface area contributed by atoms with Crippen molar-refractivity contribution in [3.8, 4) is 0 Å². The Hall–Kier alpha value is 0.350. The third-order valence-electron chi connectivity index (χ3n) is 3.00. The summed E-state index contributed by atoms with van der Waals surface area (Å²) in [6.07, 6.45) is 2.10. The first-order valence-electron chi connectivity index (χ1n) is 6.14. The fourth-order valence-electron chi connectivity index (χ4n) is 2.06. The van der Waals surface area contributed by atoms with Crippen molar-refractivity contribution in [3.05, 3.63) is 0 Å². The standard InChI is InChI=1S/C11H22BrNO3S/c1-10(2)13(7-3-6-12)17(14,15)11-4-8-16-9-5-11/h10-11H,3-9H2,1-2H3. The highest BCUT2D eigenvalue weighted by Crippen LogP contribution is 2.21. The average molecular weight is 328 g/mol. The van der Waals surface area contributed by atoms with Crippen LogP contribution in [0.15, 0.2) is 0 Å². The van der Waals surface area contributed by atoms with Gasteiger partial charge in [-0.2, -0.15) is 4.31 Å². The van der Waals surface area contributed by atoms with E-state index in [1.807, 2.05) is 13.8 Å². The average Bonchev–Trinajstić information content (AvgIpc) is 2.30. The second-order valence-electron chi connectivity index (χ2n) is 4.60. The molecule has 6 heteroatoms. The molecule has 1 aliphatic heterocycles. The number of hydrogen-bond donors (Lipinski definition) is 0. The maximum absolute atomic E-state index is 12.5. The fraction of sp³-hybridized carbons (Fsp3) is 1.00. The first-order chi connectivity index (χ1) is 8.00. The molecule has 0 spiro atoms. The molecule has 0 aliphatic carbocycles. The lowest BCUT2D eigenvalue weighted by atomic mass is 10.2. The van der Waals surface area contributed by atoms with Crippen LogP contribution < -0.4 is 0 Å². The molecule has 0 atom stereocenters. The van der Waals surface area contributed by atoms with Crippen molar-refractivity contribution in [3.63, 3.8) is 0 Å². The minimum Gasteiger partial charge on any atom is -0.381 e. The zero-order valence-electron chi connectivity index (χ0n) is 10.6. The number of ether oxygens (including phenoxy) is 1. The van der Waals surface area contributed by atoms with Crippen LogP contribution in [0.25, 0.3) is 0 Å². The topological polar surface area (TPSA) is 46.6 Å². The van der Waals surface area contributed by atoms with Gasteiger partial charge in [0.1, 0.15) is 0 Å². The smallest absolute Gasteiger partial charge is 0.217 e. The number of hydrogen-bond acceptors (Lipinski definition) is 3. The molecular weight excluding hydrogens is 306 g/mol. The number of rotatable bonds is 6. The van der Waals surface area contributed by atoms with Gasteiger partial charge in [-0.25, -0.2) is 8.42 Å². The van der Waals surface area contributed by atoms with E-state index in [9.17, 15) is 8.42 Å². The van der Waals surface area contributed by atoms with Crippen molar-refractivity contribution in [2.75, 3.05) is 25.1 Å². The SMILES string of the molecule is CC(C)N(CCCBr)S(=O)(=O)C1CCOCC1. The van der Waals surface area contributed by atoms with Gasteiger partial charge >= 0.3 is 0 Å². The number of halogens is 1. The van der Waals surface area contributed by atoms with Crippen molar-refractivity contribution in [2.24, 2.45) is 0 Å². The molecule has 1 rings (SSSR count). The monoisotopic (exact) mass is 327 g/mol. The highest BCUT2D eigenvalue weighted by molar-refractivity contribution is 9.09. The van der Waals surface area contributed by atoms with E-state index < -0.39 is 10.0 Å². The molecule has 17 heavy (non-hydrogen) atoms. The molecular formula is C11H22BrNO3S. The van der Waals surface area contributed by atoms with Gasteiger partial charge in [0, 0.05) is 31.1 Å². The number of alkyl halides is 1. The highest BCUT2D eigenvalue weighted by atomic mass is 79.9. The normalized spacial score (nSPS) is 19.1. The first-order valence-corrected chi connectivity index (χ1v) is 8.77. The second-order valence-corrected chi connectivity index (χ2v) is 7.56. The molecule has 1 fully saturated rings. The lowest BCUT2D eigenvalue weighted by Crippen LogP contribution is -2.45. The minimum atomic E-state index is -3.16. The van der Waals surface area contributed by atoms with E-state index in [0.717, 1.165) is 11.8 Å². The van der Waals surface area contributed by atoms with Gasteiger partial charge in [-0.1, -0.05) is 15.9 Å². The zero-order valence-corrected chi connectivity index (χ0v) is 13.0. The Morgan fingerprint density at radius 2 is 1.94 bits per heavy atom. The molecule has 0 aromatic carbocycles. The molecule has 0 N–H and O–H groups in total. The van der Waals surface area contributed by atoms with E-state index >= 15 is 0 Å². The van der Waals surface area contributed by atoms with Crippen molar-refractivity contribution >= 4 is 26.0 Å². The molecule has 4 nitrogen and oxygen atoms in total. The summed E-state index contributed by atoms with van der Waals surface area (Å²) < 4.78 is 31.8. The maximum Gasteiger partial charge on any atom is 0.217 e. The summed E-state index contributed by atoms with van der Waals surface area (Å²) in [6, 6.07) is 0.0295. The van der Waals surface area contributed by atoms with E-state index in [1.165, 1.54) is 0 Å². The summed E-state index contributed by atoms with van der Waals surface area (Å²) in [5.41, 5.74) is 0. The van der Waals surface area contributed by atoms with Crippen LogP contribution in [0.5, 0.6) is 0 Å². The fourth-order valence-corrected chi connectivity index (χ4v) is 4.45. The molecule has 102 valence electrons. The molecule has 0 unspecified atom stereocenters. The predicted octanol–water partition coefficient (Wildman–Crippen LogP) is 1.99.